The third kappa shape index (κ3) is 2.69. The minimum Gasteiger partial charge on any atom is -0.380 e. The maximum Gasteiger partial charge on any atom is 0.253 e. The molecule has 102 valence electrons. The number of nitrogens with zero attached hydrogens (tertiary/aromatic N) is 1. The Balaban J connectivity index is 2.04. The van der Waals surface area contributed by atoms with Gasteiger partial charge < -0.3 is 10.6 Å². The summed E-state index contributed by atoms with van der Waals surface area (Å²) in [5, 5.41) is 14.6. The highest BCUT2D eigenvalue weighted by atomic mass is 16.2. The van der Waals surface area contributed by atoms with Crippen LogP contribution in [0.15, 0.2) is 33.9 Å². The average Bonchev–Trinajstić information content (AvgIpc) is 2.50. The first kappa shape index (κ1) is 13.8. The fraction of sp³-hybridized carbons (Fsp3) is 0.267. The number of anilines is 2. The summed E-state index contributed by atoms with van der Waals surface area (Å²) >= 11 is 0. The van der Waals surface area contributed by atoms with E-state index in [1.165, 1.54) is 0 Å². The van der Waals surface area contributed by atoms with Crippen LogP contribution < -0.4 is 21.5 Å². The van der Waals surface area contributed by atoms with Gasteiger partial charge in [0.25, 0.3) is 10.9 Å². The Morgan fingerprint density at radius 2 is 1.65 bits per heavy atom. The van der Waals surface area contributed by atoms with Gasteiger partial charge in [-0.3, -0.25) is 9.59 Å². The van der Waals surface area contributed by atoms with E-state index in [0.29, 0.717) is 30.0 Å². The monoisotopic (exact) mass is 269 g/mol. The fourth-order valence-corrected chi connectivity index (χ4v) is 1.87. The number of hydrogen-bond acceptors (Lipinski definition) is 5. The number of benzene rings is 1. The molecule has 0 saturated heterocycles. The van der Waals surface area contributed by atoms with Crippen molar-refractivity contribution in [3.8, 4) is 6.07 Å². The van der Waals surface area contributed by atoms with E-state index in [-0.39, 0.29) is 0 Å². The smallest absolute Gasteiger partial charge is 0.253 e. The minimum absolute atomic E-state index is 0.354. The van der Waals surface area contributed by atoms with Crippen molar-refractivity contribution in [2.24, 2.45) is 0 Å². The molecule has 2 N–H and O–H groups in total. The summed E-state index contributed by atoms with van der Waals surface area (Å²) in [6, 6.07) is 9.11. The molecule has 0 atom stereocenters. The largest absolute Gasteiger partial charge is 0.380 e. The molecule has 0 aromatic heterocycles. The van der Waals surface area contributed by atoms with Gasteiger partial charge in [0, 0.05) is 13.1 Å². The fourth-order valence-electron chi connectivity index (χ4n) is 1.87. The molecule has 0 heterocycles. The first-order chi connectivity index (χ1) is 9.67. The van der Waals surface area contributed by atoms with E-state index in [4.69, 9.17) is 5.26 Å². The van der Waals surface area contributed by atoms with Gasteiger partial charge in [-0.1, -0.05) is 19.1 Å². The first-order valence-corrected chi connectivity index (χ1v) is 6.47. The maximum absolute atomic E-state index is 11.5. The standard InChI is InChI=1S/C15H15N3O2/c1-2-7-17-12-13(15(20)14(12)19)18-9-11-5-3-10(8-16)4-6-11/h3-6,17-18H,2,7,9H2,1H3. The Morgan fingerprint density at radius 3 is 2.20 bits per heavy atom. The van der Waals surface area contributed by atoms with Crippen molar-refractivity contribution in [3.05, 3.63) is 55.8 Å². The van der Waals surface area contributed by atoms with Gasteiger partial charge in [-0.25, -0.2) is 0 Å². The molecule has 0 amide bonds. The molecule has 0 fully saturated rings. The molecule has 20 heavy (non-hydrogen) atoms. The van der Waals surface area contributed by atoms with Gasteiger partial charge in [-0.05, 0) is 24.1 Å². The lowest BCUT2D eigenvalue weighted by Gasteiger charge is -2.14. The van der Waals surface area contributed by atoms with Crippen molar-refractivity contribution in [3.63, 3.8) is 0 Å². The van der Waals surface area contributed by atoms with Crippen LogP contribution in [0.25, 0.3) is 0 Å². The Labute approximate surface area is 116 Å². The summed E-state index contributed by atoms with van der Waals surface area (Å²) in [6.07, 6.45) is 0.883. The second-order valence-corrected chi connectivity index (χ2v) is 4.50. The third-order valence-electron chi connectivity index (χ3n) is 3.01. The molecule has 0 saturated carbocycles. The molecule has 2 rings (SSSR count). The van der Waals surface area contributed by atoms with Crippen LogP contribution in [-0.2, 0) is 6.54 Å². The summed E-state index contributed by atoms with van der Waals surface area (Å²) in [7, 11) is 0. The zero-order valence-corrected chi connectivity index (χ0v) is 11.2. The van der Waals surface area contributed by atoms with Crippen LogP contribution >= 0.6 is 0 Å². The molecule has 2 aromatic rings. The molecule has 0 spiro atoms. The highest BCUT2D eigenvalue weighted by Crippen LogP contribution is 2.15. The van der Waals surface area contributed by atoms with Gasteiger partial charge >= 0.3 is 0 Å². The van der Waals surface area contributed by atoms with E-state index in [1.54, 1.807) is 12.1 Å². The molecule has 0 aliphatic rings. The van der Waals surface area contributed by atoms with E-state index in [0.717, 1.165) is 12.0 Å². The van der Waals surface area contributed by atoms with Crippen molar-refractivity contribution in [2.45, 2.75) is 19.9 Å². The summed E-state index contributed by atoms with van der Waals surface area (Å²) in [5.41, 5.74) is 1.34. The van der Waals surface area contributed by atoms with Crippen LogP contribution in [0.5, 0.6) is 0 Å². The van der Waals surface area contributed by atoms with Crippen molar-refractivity contribution >= 4 is 11.4 Å². The van der Waals surface area contributed by atoms with Crippen molar-refractivity contribution in [1.29, 1.82) is 5.26 Å². The highest BCUT2D eigenvalue weighted by Gasteiger charge is 2.19. The van der Waals surface area contributed by atoms with Gasteiger partial charge in [-0.15, -0.1) is 0 Å². The molecule has 0 unspecified atom stereocenters. The van der Waals surface area contributed by atoms with Gasteiger partial charge in [0.1, 0.15) is 11.4 Å². The van der Waals surface area contributed by atoms with Gasteiger partial charge in [0.2, 0.25) is 0 Å². The maximum atomic E-state index is 11.5. The SMILES string of the molecule is CCCNc1c(NCc2ccc(C#N)cc2)c(=O)c1=O. The topological polar surface area (TPSA) is 82.0 Å². The Hall–Kier alpha value is -2.61. The Bertz CT molecular complexity index is 704. The third-order valence-corrected chi connectivity index (χ3v) is 3.01. The quantitative estimate of drug-likeness (QED) is 0.778. The predicted molar refractivity (Wildman–Crippen MR) is 78.6 cm³/mol. The van der Waals surface area contributed by atoms with Crippen molar-refractivity contribution in [2.75, 3.05) is 17.2 Å². The number of nitriles is 1. The number of rotatable bonds is 6. The normalized spacial score (nSPS) is 10.2. The van der Waals surface area contributed by atoms with Crippen LogP contribution in [0, 0.1) is 11.3 Å². The van der Waals surface area contributed by atoms with Crippen LogP contribution in [0.3, 0.4) is 0 Å². The zero-order valence-electron chi connectivity index (χ0n) is 11.2. The Kier molecular flexibility index (Phi) is 4.16. The van der Waals surface area contributed by atoms with Crippen LogP contribution in [0.4, 0.5) is 11.4 Å². The summed E-state index contributed by atoms with van der Waals surface area (Å²) < 4.78 is 0. The van der Waals surface area contributed by atoms with Crippen LogP contribution in [0.1, 0.15) is 24.5 Å². The Morgan fingerprint density at radius 1 is 1.05 bits per heavy atom. The first-order valence-electron chi connectivity index (χ1n) is 6.47. The van der Waals surface area contributed by atoms with E-state index < -0.39 is 10.9 Å². The molecule has 0 aliphatic carbocycles. The molecule has 2 aromatic carbocycles. The summed E-state index contributed by atoms with van der Waals surface area (Å²) in [4.78, 5) is 22.9. The lowest BCUT2D eigenvalue weighted by atomic mass is 10.1. The van der Waals surface area contributed by atoms with E-state index in [2.05, 4.69) is 10.6 Å². The number of nitrogens with one attached hydrogen (secondary N) is 2. The van der Waals surface area contributed by atoms with Gasteiger partial charge in [0.05, 0.1) is 11.6 Å². The lowest BCUT2D eigenvalue weighted by molar-refractivity contribution is 0.972. The van der Waals surface area contributed by atoms with Gasteiger partial charge in [0.15, 0.2) is 0 Å². The second-order valence-electron chi connectivity index (χ2n) is 4.50. The van der Waals surface area contributed by atoms with Crippen LogP contribution in [-0.4, -0.2) is 6.54 Å². The molecule has 0 bridgehead atoms. The molecule has 5 nitrogen and oxygen atoms in total. The predicted octanol–water partition coefficient (Wildman–Crippen LogP) is 1.59. The summed E-state index contributed by atoms with van der Waals surface area (Å²) in [5.74, 6) is 0. The van der Waals surface area contributed by atoms with Crippen molar-refractivity contribution in [1.82, 2.24) is 0 Å². The van der Waals surface area contributed by atoms with Gasteiger partial charge in [-0.2, -0.15) is 5.26 Å². The minimum atomic E-state index is -0.475. The lowest BCUT2D eigenvalue weighted by Crippen LogP contribution is -2.37. The highest BCUT2D eigenvalue weighted by molar-refractivity contribution is 5.73. The van der Waals surface area contributed by atoms with E-state index >= 15 is 0 Å². The second kappa shape index (κ2) is 6.02. The molecule has 0 radical (unpaired) electrons. The van der Waals surface area contributed by atoms with Crippen molar-refractivity contribution < 1.29 is 0 Å². The molecular weight excluding hydrogens is 254 g/mol. The molecular formula is C15H15N3O2. The average molecular weight is 269 g/mol. The molecule has 0 aliphatic heterocycles. The summed E-state index contributed by atoms with van der Waals surface area (Å²) in [6.45, 7) is 3.09. The number of hydrogen-bond donors (Lipinski definition) is 2. The van der Waals surface area contributed by atoms with Crippen LogP contribution in [0.2, 0.25) is 0 Å². The molecule has 5 heteroatoms. The van der Waals surface area contributed by atoms with E-state index in [9.17, 15) is 9.59 Å². The zero-order chi connectivity index (χ0) is 14.5. The van der Waals surface area contributed by atoms with E-state index in [1.807, 2.05) is 25.1 Å².